The summed E-state index contributed by atoms with van der Waals surface area (Å²) in [5.41, 5.74) is 1.36. The molecule has 0 aliphatic rings. The predicted octanol–water partition coefficient (Wildman–Crippen LogP) is 4.24. The first-order valence-electron chi connectivity index (χ1n) is 6.29. The van der Waals surface area contributed by atoms with Crippen LogP contribution in [0.1, 0.15) is 23.0 Å². The molecule has 3 aromatic rings. The zero-order chi connectivity index (χ0) is 15.1. The van der Waals surface area contributed by atoms with E-state index in [9.17, 15) is 18.3 Å². The minimum Gasteiger partial charge on any atom is -0.458 e. The van der Waals surface area contributed by atoms with Gasteiger partial charge in [0.2, 0.25) is 0 Å². The molecule has 3 rings (SSSR count). The Kier molecular flexibility index (Phi) is 3.22. The van der Waals surface area contributed by atoms with Crippen LogP contribution in [0.2, 0.25) is 0 Å². The molecule has 0 aliphatic carbocycles. The van der Waals surface area contributed by atoms with Crippen molar-refractivity contribution in [2.75, 3.05) is 0 Å². The molecule has 1 heterocycles. The van der Waals surface area contributed by atoms with Crippen LogP contribution in [0.4, 0.5) is 13.2 Å². The summed E-state index contributed by atoms with van der Waals surface area (Å²) in [6.45, 7) is 1.85. The number of fused-ring (bicyclic) bond motifs is 1. The molecule has 5 heteroatoms. The molecule has 0 saturated carbocycles. The SMILES string of the molecule is Cc1cccc2cc(C(O)c3cc(F)c(F)c(F)c3)oc12. The molecule has 0 spiro atoms. The number of furan rings is 1. The van der Waals surface area contributed by atoms with Gasteiger partial charge in [0.15, 0.2) is 17.5 Å². The van der Waals surface area contributed by atoms with Crippen LogP contribution >= 0.6 is 0 Å². The summed E-state index contributed by atoms with van der Waals surface area (Å²) in [4.78, 5) is 0. The van der Waals surface area contributed by atoms with Gasteiger partial charge in [0.05, 0.1) is 0 Å². The fourth-order valence-corrected chi connectivity index (χ4v) is 2.26. The van der Waals surface area contributed by atoms with Crippen LogP contribution in [0.15, 0.2) is 40.8 Å². The Morgan fingerprint density at radius 3 is 2.33 bits per heavy atom. The fraction of sp³-hybridized carbons (Fsp3) is 0.125. The topological polar surface area (TPSA) is 33.4 Å². The lowest BCUT2D eigenvalue weighted by Crippen LogP contribution is -2.02. The first-order valence-corrected chi connectivity index (χ1v) is 6.29. The van der Waals surface area contributed by atoms with Gasteiger partial charge in [-0.25, -0.2) is 13.2 Å². The lowest BCUT2D eigenvalue weighted by Gasteiger charge is -2.09. The quantitative estimate of drug-likeness (QED) is 0.717. The largest absolute Gasteiger partial charge is 0.458 e. The van der Waals surface area contributed by atoms with Crippen molar-refractivity contribution in [1.29, 1.82) is 0 Å². The van der Waals surface area contributed by atoms with Crippen molar-refractivity contribution in [2.24, 2.45) is 0 Å². The van der Waals surface area contributed by atoms with E-state index in [-0.39, 0.29) is 11.3 Å². The zero-order valence-corrected chi connectivity index (χ0v) is 11.0. The summed E-state index contributed by atoms with van der Waals surface area (Å²) in [6.07, 6.45) is -1.37. The molecular weight excluding hydrogens is 281 g/mol. The Bertz CT molecular complexity index is 800. The molecule has 2 aromatic carbocycles. The molecule has 0 fully saturated rings. The number of benzene rings is 2. The number of hydrogen-bond donors (Lipinski definition) is 1. The van der Waals surface area contributed by atoms with Gasteiger partial charge in [-0.3, -0.25) is 0 Å². The van der Waals surface area contributed by atoms with Crippen molar-refractivity contribution in [2.45, 2.75) is 13.0 Å². The summed E-state index contributed by atoms with van der Waals surface area (Å²) >= 11 is 0. The van der Waals surface area contributed by atoms with Crippen LogP contribution in [0, 0.1) is 24.4 Å². The molecule has 1 unspecified atom stereocenters. The molecule has 0 amide bonds. The number of aliphatic hydroxyl groups excluding tert-OH is 1. The van der Waals surface area contributed by atoms with Crippen LogP contribution in [0.5, 0.6) is 0 Å². The minimum absolute atomic E-state index is 0.108. The molecule has 21 heavy (non-hydrogen) atoms. The highest BCUT2D eigenvalue weighted by molar-refractivity contribution is 5.81. The summed E-state index contributed by atoms with van der Waals surface area (Å²) in [5, 5.41) is 10.9. The predicted molar refractivity (Wildman–Crippen MR) is 71.3 cm³/mol. The van der Waals surface area contributed by atoms with Gasteiger partial charge in [-0.2, -0.15) is 0 Å². The van der Waals surface area contributed by atoms with Crippen LogP contribution in [-0.4, -0.2) is 5.11 Å². The number of aliphatic hydroxyl groups is 1. The molecule has 1 atom stereocenters. The van der Waals surface area contributed by atoms with Gasteiger partial charge in [0.1, 0.15) is 17.4 Å². The molecule has 0 saturated heterocycles. The van der Waals surface area contributed by atoms with E-state index in [2.05, 4.69) is 0 Å². The monoisotopic (exact) mass is 292 g/mol. The second-order valence-corrected chi connectivity index (χ2v) is 4.84. The third kappa shape index (κ3) is 2.29. The number of halogens is 3. The van der Waals surface area contributed by atoms with Crippen molar-refractivity contribution >= 4 is 11.0 Å². The van der Waals surface area contributed by atoms with Crippen molar-refractivity contribution < 1.29 is 22.7 Å². The fourth-order valence-electron chi connectivity index (χ4n) is 2.26. The highest BCUT2D eigenvalue weighted by atomic mass is 19.2. The second-order valence-electron chi connectivity index (χ2n) is 4.84. The Balaban J connectivity index is 2.08. The minimum atomic E-state index is -1.56. The Morgan fingerprint density at radius 2 is 1.71 bits per heavy atom. The molecule has 1 aromatic heterocycles. The molecular formula is C16H11F3O2. The first kappa shape index (κ1) is 13.7. The number of rotatable bonds is 2. The van der Waals surface area contributed by atoms with Gasteiger partial charge in [0, 0.05) is 5.39 Å². The first-order chi connectivity index (χ1) is 9.97. The van der Waals surface area contributed by atoms with E-state index in [4.69, 9.17) is 4.42 Å². The molecule has 108 valence electrons. The Labute approximate surface area is 118 Å². The Morgan fingerprint density at radius 1 is 1.05 bits per heavy atom. The Hall–Kier alpha value is -2.27. The van der Waals surface area contributed by atoms with Crippen LogP contribution in [0.3, 0.4) is 0 Å². The van der Waals surface area contributed by atoms with Gasteiger partial charge >= 0.3 is 0 Å². The summed E-state index contributed by atoms with van der Waals surface area (Å²) < 4.78 is 44.9. The van der Waals surface area contributed by atoms with E-state index < -0.39 is 23.6 Å². The van der Waals surface area contributed by atoms with Crippen molar-refractivity contribution in [3.63, 3.8) is 0 Å². The van der Waals surface area contributed by atoms with E-state index >= 15 is 0 Å². The van der Waals surface area contributed by atoms with Crippen molar-refractivity contribution in [3.05, 3.63) is 70.7 Å². The standard InChI is InChI=1S/C16H11F3O2/c1-8-3-2-4-9-7-13(21-16(8)9)15(20)10-5-11(17)14(19)12(18)6-10/h2-7,15,20H,1H3. The summed E-state index contributed by atoms with van der Waals surface area (Å²) in [5.74, 6) is -4.12. The highest BCUT2D eigenvalue weighted by Gasteiger charge is 2.20. The summed E-state index contributed by atoms with van der Waals surface area (Å²) in [7, 11) is 0. The van der Waals surface area contributed by atoms with Crippen molar-refractivity contribution in [3.8, 4) is 0 Å². The maximum atomic E-state index is 13.2. The summed E-state index contributed by atoms with van der Waals surface area (Å²) in [6, 6.07) is 8.58. The van der Waals surface area contributed by atoms with Crippen molar-refractivity contribution in [1.82, 2.24) is 0 Å². The smallest absolute Gasteiger partial charge is 0.194 e. The maximum Gasteiger partial charge on any atom is 0.194 e. The number of hydrogen-bond acceptors (Lipinski definition) is 2. The third-order valence-corrected chi connectivity index (χ3v) is 3.35. The lowest BCUT2D eigenvalue weighted by molar-refractivity contribution is 0.191. The average molecular weight is 292 g/mol. The third-order valence-electron chi connectivity index (χ3n) is 3.35. The van der Waals surface area contributed by atoms with Crippen LogP contribution in [-0.2, 0) is 0 Å². The number of para-hydroxylation sites is 1. The van der Waals surface area contributed by atoms with Gasteiger partial charge in [0.25, 0.3) is 0 Å². The van der Waals surface area contributed by atoms with Crippen LogP contribution in [0.25, 0.3) is 11.0 Å². The van der Waals surface area contributed by atoms with E-state index in [1.165, 1.54) is 0 Å². The van der Waals surface area contributed by atoms with E-state index in [1.807, 2.05) is 19.1 Å². The van der Waals surface area contributed by atoms with E-state index in [0.29, 0.717) is 5.58 Å². The van der Waals surface area contributed by atoms with Gasteiger partial charge in [-0.15, -0.1) is 0 Å². The number of aryl methyl sites for hydroxylation is 1. The molecule has 0 aliphatic heterocycles. The zero-order valence-electron chi connectivity index (χ0n) is 11.0. The van der Waals surface area contributed by atoms with Gasteiger partial charge in [-0.1, -0.05) is 18.2 Å². The van der Waals surface area contributed by atoms with Crippen LogP contribution < -0.4 is 0 Å². The van der Waals surface area contributed by atoms with Gasteiger partial charge in [-0.05, 0) is 36.2 Å². The average Bonchev–Trinajstić information content (AvgIpc) is 2.89. The molecule has 1 N–H and O–H groups in total. The highest BCUT2D eigenvalue weighted by Crippen LogP contribution is 2.30. The molecule has 2 nitrogen and oxygen atoms in total. The second kappa shape index (κ2) is 4.93. The normalized spacial score (nSPS) is 12.8. The lowest BCUT2D eigenvalue weighted by atomic mass is 10.1. The van der Waals surface area contributed by atoms with E-state index in [0.717, 1.165) is 23.1 Å². The molecule has 0 radical (unpaired) electrons. The van der Waals surface area contributed by atoms with Gasteiger partial charge < -0.3 is 9.52 Å². The molecule has 0 bridgehead atoms. The maximum absolute atomic E-state index is 13.2. The van der Waals surface area contributed by atoms with E-state index in [1.54, 1.807) is 12.1 Å².